The second kappa shape index (κ2) is 6.57. The summed E-state index contributed by atoms with van der Waals surface area (Å²) in [6, 6.07) is 7.15. The first-order valence-corrected chi connectivity index (χ1v) is 7.30. The highest BCUT2D eigenvalue weighted by Crippen LogP contribution is 2.12. The van der Waals surface area contributed by atoms with Gasteiger partial charge in [-0.2, -0.15) is 0 Å². The van der Waals surface area contributed by atoms with E-state index in [1.54, 1.807) is 18.4 Å². The van der Waals surface area contributed by atoms with Gasteiger partial charge in [0.2, 0.25) is 0 Å². The number of anilines is 1. The van der Waals surface area contributed by atoms with Crippen molar-refractivity contribution in [1.82, 2.24) is 20.4 Å². The molecule has 116 valence electrons. The van der Waals surface area contributed by atoms with Gasteiger partial charge >= 0.3 is 0 Å². The highest BCUT2D eigenvalue weighted by Gasteiger charge is 2.16. The van der Waals surface area contributed by atoms with E-state index >= 15 is 0 Å². The van der Waals surface area contributed by atoms with E-state index in [-0.39, 0.29) is 5.91 Å². The van der Waals surface area contributed by atoms with Gasteiger partial charge in [-0.3, -0.25) is 4.79 Å². The van der Waals surface area contributed by atoms with Crippen LogP contribution in [0.1, 0.15) is 16.2 Å². The van der Waals surface area contributed by atoms with Crippen molar-refractivity contribution in [2.24, 2.45) is 0 Å². The molecule has 1 aliphatic rings. The molecule has 0 aliphatic carbocycles. The van der Waals surface area contributed by atoms with E-state index in [9.17, 15) is 4.79 Å². The molecule has 0 aromatic carbocycles. The third kappa shape index (κ3) is 3.43. The van der Waals surface area contributed by atoms with E-state index in [2.05, 4.69) is 32.4 Å². The van der Waals surface area contributed by atoms with Gasteiger partial charge in [-0.1, -0.05) is 0 Å². The van der Waals surface area contributed by atoms with E-state index in [0.29, 0.717) is 18.0 Å². The molecule has 0 spiro atoms. The maximum absolute atomic E-state index is 12.0. The number of likely N-dealkylation sites (N-methyl/N-ethyl adjacent to an activating group) is 1. The number of furan rings is 1. The maximum atomic E-state index is 12.0. The third-order valence-corrected chi connectivity index (χ3v) is 3.71. The molecule has 3 rings (SSSR count). The SMILES string of the molecule is CN1CCN(c2ccc(C(=O)NCc3ccco3)nn2)CC1. The van der Waals surface area contributed by atoms with E-state index in [4.69, 9.17) is 4.42 Å². The van der Waals surface area contributed by atoms with Crippen LogP contribution < -0.4 is 10.2 Å². The molecule has 7 heteroatoms. The predicted molar refractivity (Wildman–Crippen MR) is 81.6 cm³/mol. The monoisotopic (exact) mass is 301 g/mol. The van der Waals surface area contributed by atoms with E-state index < -0.39 is 0 Å². The zero-order valence-electron chi connectivity index (χ0n) is 12.5. The number of nitrogens with zero attached hydrogens (tertiary/aromatic N) is 4. The van der Waals surface area contributed by atoms with Crippen LogP contribution in [0.15, 0.2) is 34.9 Å². The van der Waals surface area contributed by atoms with Crippen LogP contribution in [0.3, 0.4) is 0 Å². The zero-order valence-corrected chi connectivity index (χ0v) is 12.5. The van der Waals surface area contributed by atoms with Crippen LogP contribution in [-0.2, 0) is 6.54 Å². The number of carbonyl (C=O) groups is 1. The Kier molecular flexibility index (Phi) is 4.34. The number of carbonyl (C=O) groups excluding carboxylic acids is 1. The van der Waals surface area contributed by atoms with Crippen molar-refractivity contribution in [3.05, 3.63) is 42.0 Å². The van der Waals surface area contributed by atoms with E-state index in [0.717, 1.165) is 32.0 Å². The van der Waals surface area contributed by atoms with Crippen molar-refractivity contribution in [3.8, 4) is 0 Å². The van der Waals surface area contributed by atoms with Crippen molar-refractivity contribution in [2.75, 3.05) is 38.1 Å². The molecular weight excluding hydrogens is 282 g/mol. The van der Waals surface area contributed by atoms with Crippen molar-refractivity contribution >= 4 is 11.7 Å². The van der Waals surface area contributed by atoms with Gasteiger partial charge in [0, 0.05) is 26.2 Å². The molecule has 1 aliphatic heterocycles. The van der Waals surface area contributed by atoms with Gasteiger partial charge in [0.1, 0.15) is 5.76 Å². The van der Waals surface area contributed by atoms with Crippen molar-refractivity contribution < 1.29 is 9.21 Å². The highest BCUT2D eigenvalue weighted by atomic mass is 16.3. The Morgan fingerprint density at radius 2 is 2.05 bits per heavy atom. The molecular formula is C15H19N5O2. The van der Waals surface area contributed by atoms with Gasteiger partial charge in [0.15, 0.2) is 11.5 Å². The number of piperazine rings is 1. The lowest BCUT2D eigenvalue weighted by Gasteiger charge is -2.32. The first-order valence-electron chi connectivity index (χ1n) is 7.30. The smallest absolute Gasteiger partial charge is 0.272 e. The van der Waals surface area contributed by atoms with Crippen LogP contribution in [0.25, 0.3) is 0 Å². The summed E-state index contributed by atoms with van der Waals surface area (Å²) in [5, 5.41) is 10.9. The quantitative estimate of drug-likeness (QED) is 0.898. The molecule has 2 aromatic rings. The number of rotatable bonds is 4. The molecule has 1 fully saturated rings. The molecule has 22 heavy (non-hydrogen) atoms. The largest absolute Gasteiger partial charge is 0.467 e. The standard InChI is InChI=1S/C15H19N5O2/c1-19-6-8-20(9-7-19)14-5-4-13(17-18-14)15(21)16-11-12-3-2-10-22-12/h2-5,10H,6-9,11H2,1H3,(H,16,21). The van der Waals surface area contributed by atoms with Gasteiger partial charge in [0.05, 0.1) is 12.8 Å². The van der Waals surface area contributed by atoms with Gasteiger partial charge < -0.3 is 19.5 Å². The number of amides is 1. The fourth-order valence-corrected chi connectivity index (χ4v) is 2.32. The molecule has 3 heterocycles. The van der Waals surface area contributed by atoms with Crippen molar-refractivity contribution in [1.29, 1.82) is 0 Å². The van der Waals surface area contributed by atoms with Gasteiger partial charge in [-0.05, 0) is 31.3 Å². The van der Waals surface area contributed by atoms with Gasteiger partial charge in [-0.15, -0.1) is 10.2 Å². The summed E-state index contributed by atoms with van der Waals surface area (Å²) in [6.07, 6.45) is 1.58. The molecule has 1 saturated heterocycles. The molecule has 2 aromatic heterocycles. The average molecular weight is 301 g/mol. The average Bonchev–Trinajstić information content (AvgIpc) is 3.07. The first kappa shape index (κ1) is 14.5. The van der Waals surface area contributed by atoms with Crippen LogP contribution in [0.2, 0.25) is 0 Å². The number of aromatic nitrogens is 2. The molecule has 0 atom stereocenters. The molecule has 1 amide bonds. The second-order valence-corrected chi connectivity index (χ2v) is 5.33. The van der Waals surface area contributed by atoms with Crippen molar-refractivity contribution in [3.63, 3.8) is 0 Å². The summed E-state index contributed by atoms with van der Waals surface area (Å²) in [7, 11) is 2.11. The Balaban J connectivity index is 1.57. The lowest BCUT2D eigenvalue weighted by atomic mass is 10.3. The van der Waals surface area contributed by atoms with E-state index in [1.165, 1.54) is 0 Å². The minimum Gasteiger partial charge on any atom is -0.467 e. The Labute approximate surface area is 128 Å². The molecule has 0 bridgehead atoms. The lowest BCUT2D eigenvalue weighted by Crippen LogP contribution is -2.44. The van der Waals surface area contributed by atoms with E-state index in [1.807, 2.05) is 12.1 Å². The molecule has 7 nitrogen and oxygen atoms in total. The summed E-state index contributed by atoms with van der Waals surface area (Å²) in [4.78, 5) is 16.5. The fourth-order valence-electron chi connectivity index (χ4n) is 2.32. The van der Waals surface area contributed by atoms with Crippen molar-refractivity contribution in [2.45, 2.75) is 6.54 Å². The van der Waals surface area contributed by atoms with Gasteiger partial charge in [-0.25, -0.2) is 0 Å². The zero-order chi connectivity index (χ0) is 15.4. The van der Waals surface area contributed by atoms with Crippen LogP contribution in [0.4, 0.5) is 5.82 Å². The molecule has 0 radical (unpaired) electrons. The third-order valence-electron chi connectivity index (χ3n) is 3.71. The number of nitrogens with one attached hydrogen (secondary N) is 1. The minimum absolute atomic E-state index is 0.256. The summed E-state index contributed by atoms with van der Waals surface area (Å²) >= 11 is 0. The van der Waals surface area contributed by atoms with Crippen LogP contribution in [-0.4, -0.2) is 54.2 Å². The Hall–Kier alpha value is -2.41. The first-order chi connectivity index (χ1) is 10.7. The second-order valence-electron chi connectivity index (χ2n) is 5.33. The summed E-state index contributed by atoms with van der Waals surface area (Å²) in [6.45, 7) is 4.21. The normalized spacial score (nSPS) is 15.8. The maximum Gasteiger partial charge on any atom is 0.272 e. The molecule has 1 N–H and O–H groups in total. The lowest BCUT2D eigenvalue weighted by molar-refractivity contribution is 0.0942. The summed E-state index contributed by atoms with van der Waals surface area (Å²) in [5.74, 6) is 1.26. The number of hydrogen-bond acceptors (Lipinski definition) is 6. The van der Waals surface area contributed by atoms with Crippen LogP contribution in [0.5, 0.6) is 0 Å². The Bertz CT molecular complexity index is 603. The Morgan fingerprint density at radius 1 is 1.23 bits per heavy atom. The van der Waals surface area contributed by atoms with Crippen LogP contribution >= 0.6 is 0 Å². The minimum atomic E-state index is -0.256. The Morgan fingerprint density at radius 3 is 2.68 bits per heavy atom. The molecule has 0 unspecified atom stereocenters. The topological polar surface area (TPSA) is 74.5 Å². The molecule has 0 saturated carbocycles. The summed E-state index contributed by atoms with van der Waals surface area (Å²) < 4.78 is 5.17. The summed E-state index contributed by atoms with van der Waals surface area (Å²) in [5.41, 5.74) is 0.310. The van der Waals surface area contributed by atoms with Crippen LogP contribution in [0, 0.1) is 0 Å². The van der Waals surface area contributed by atoms with Gasteiger partial charge in [0.25, 0.3) is 5.91 Å². The number of hydrogen-bond donors (Lipinski definition) is 1. The fraction of sp³-hybridized carbons (Fsp3) is 0.400. The predicted octanol–water partition coefficient (Wildman–Crippen LogP) is 0.751. The highest BCUT2D eigenvalue weighted by molar-refractivity contribution is 5.92.